The van der Waals surface area contributed by atoms with Gasteiger partial charge in [0.05, 0.1) is 44.7 Å². The second-order valence-corrected chi connectivity index (χ2v) is 13.4. The zero-order valence-corrected chi connectivity index (χ0v) is 28.5. The largest absolute Gasteiger partial charge is 0.455 e. The molecule has 5 heteroatoms. The van der Waals surface area contributed by atoms with Gasteiger partial charge in [0, 0.05) is 38.2 Å². The minimum absolute atomic E-state index is 0.604. The van der Waals surface area contributed by atoms with Gasteiger partial charge in [0.1, 0.15) is 11.2 Å². The maximum Gasteiger partial charge on any atom is 0.235 e. The summed E-state index contributed by atoms with van der Waals surface area (Å²) in [6, 6.07) is 63.4. The predicted octanol–water partition coefficient (Wildman–Crippen LogP) is 12.4. The number of hydrogen-bond donors (Lipinski definition) is 0. The summed E-state index contributed by atoms with van der Waals surface area (Å²) in [6.45, 7) is 0. The zero-order valence-electron chi connectivity index (χ0n) is 28.5. The number of nitrogens with zero attached hydrogens (tertiary/aromatic N) is 4. The first kappa shape index (κ1) is 29.5. The van der Waals surface area contributed by atoms with Crippen molar-refractivity contribution in [2.24, 2.45) is 0 Å². The highest BCUT2D eigenvalue weighted by atomic mass is 16.3. The molecule has 248 valence electrons. The van der Waals surface area contributed by atoms with Gasteiger partial charge in [0.15, 0.2) is 0 Å². The topological polar surface area (TPSA) is 48.8 Å². The Morgan fingerprint density at radius 1 is 0.396 bits per heavy atom. The van der Waals surface area contributed by atoms with Gasteiger partial charge in [-0.1, -0.05) is 146 Å². The Hall–Kier alpha value is -7.24. The van der Waals surface area contributed by atoms with E-state index in [0.29, 0.717) is 5.95 Å². The molecule has 11 rings (SSSR count). The van der Waals surface area contributed by atoms with Crippen LogP contribution in [-0.2, 0) is 0 Å². The maximum atomic E-state index is 6.67. The van der Waals surface area contributed by atoms with Crippen LogP contribution in [0.2, 0.25) is 0 Å². The molecule has 0 fully saturated rings. The molecule has 11 aromatic rings. The molecule has 4 heterocycles. The first-order valence-electron chi connectivity index (χ1n) is 17.8. The molecule has 7 aromatic carbocycles. The summed E-state index contributed by atoms with van der Waals surface area (Å²) in [7, 11) is 0. The highest BCUT2D eigenvalue weighted by Crippen LogP contribution is 2.45. The minimum atomic E-state index is 0.604. The van der Waals surface area contributed by atoms with E-state index in [1.807, 2.05) is 18.2 Å². The van der Waals surface area contributed by atoms with Crippen LogP contribution in [-0.4, -0.2) is 19.1 Å². The number of benzene rings is 7. The fraction of sp³-hybridized carbons (Fsp3) is 0. The molecule has 0 aliphatic rings. The first-order chi connectivity index (χ1) is 26.3. The predicted molar refractivity (Wildman–Crippen MR) is 217 cm³/mol. The zero-order chi connectivity index (χ0) is 34.9. The lowest BCUT2D eigenvalue weighted by atomic mass is 10.1. The quantitative estimate of drug-likeness (QED) is 0.182. The SMILES string of the molecule is c1ccc(-c2cc(-c3ccccc3)nc(-n3c(-c4ccccc4)c(-n4c5ccccc5c5c6oc7ccccc7c6ccc54)c4ccccc43)n2)cc1. The van der Waals surface area contributed by atoms with Gasteiger partial charge in [-0.2, -0.15) is 0 Å². The Morgan fingerprint density at radius 3 is 1.58 bits per heavy atom. The van der Waals surface area contributed by atoms with Gasteiger partial charge in [0.2, 0.25) is 5.95 Å². The van der Waals surface area contributed by atoms with E-state index in [4.69, 9.17) is 14.4 Å². The Balaban J connectivity index is 1.30. The van der Waals surface area contributed by atoms with E-state index < -0.39 is 0 Å². The highest BCUT2D eigenvalue weighted by molar-refractivity contribution is 6.24. The Labute approximate surface area is 304 Å². The van der Waals surface area contributed by atoms with E-state index in [2.05, 4.69) is 173 Å². The van der Waals surface area contributed by atoms with Gasteiger partial charge < -0.3 is 8.98 Å². The van der Waals surface area contributed by atoms with Crippen molar-refractivity contribution in [1.29, 1.82) is 0 Å². The van der Waals surface area contributed by atoms with Crippen LogP contribution in [0.25, 0.3) is 100 Å². The van der Waals surface area contributed by atoms with Crippen molar-refractivity contribution in [3.05, 3.63) is 182 Å². The number of furan rings is 1. The summed E-state index contributed by atoms with van der Waals surface area (Å²) in [5.74, 6) is 0.604. The fourth-order valence-electron chi connectivity index (χ4n) is 8.04. The lowest BCUT2D eigenvalue weighted by Gasteiger charge is -2.15. The van der Waals surface area contributed by atoms with Crippen LogP contribution in [0.1, 0.15) is 0 Å². The second kappa shape index (κ2) is 11.7. The molecule has 0 amide bonds. The molecule has 53 heavy (non-hydrogen) atoms. The molecule has 0 saturated heterocycles. The van der Waals surface area contributed by atoms with Crippen LogP contribution < -0.4 is 0 Å². The molecular weight excluding hydrogens is 649 g/mol. The molecule has 5 nitrogen and oxygen atoms in total. The third kappa shape index (κ3) is 4.51. The van der Waals surface area contributed by atoms with Crippen molar-refractivity contribution in [2.75, 3.05) is 0 Å². The van der Waals surface area contributed by atoms with Gasteiger partial charge in [-0.15, -0.1) is 0 Å². The van der Waals surface area contributed by atoms with Gasteiger partial charge in [-0.3, -0.25) is 4.57 Å². The van der Waals surface area contributed by atoms with E-state index in [1.165, 1.54) is 0 Å². The summed E-state index contributed by atoms with van der Waals surface area (Å²) < 4.78 is 11.3. The Kier molecular flexibility index (Phi) is 6.48. The van der Waals surface area contributed by atoms with Crippen molar-refractivity contribution >= 4 is 54.6 Å². The third-order valence-corrected chi connectivity index (χ3v) is 10.4. The summed E-state index contributed by atoms with van der Waals surface area (Å²) >= 11 is 0. The molecular formula is C48H30N4O. The normalized spacial score (nSPS) is 11.8. The van der Waals surface area contributed by atoms with Gasteiger partial charge >= 0.3 is 0 Å². The average molecular weight is 679 g/mol. The van der Waals surface area contributed by atoms with E-state index >= 15 is 0 Å². The molecule has 0 saturated carbocycles. The first-order valence-corrected chi connectivity index (χ1v) is 17.8. The number of para-hydroxylation sites is 3. The summed E-state index contributed by atoms with van der Waals surface area (Å²) in [5.41, 5.74) is 11.9. The number of rotatable bonds is 5. The van der Waals surface area contributed by atoms with Crippen molar-refractivity contribution in [3.8, 4) is 45.4 Å². The molecule has 0 bridgehead atoms. The van der Waals surface area contributed by atoms with Crippen LogP contribution in [0.3, 0.4) is 0 Å². The molecule has 0 unspecified atom stereocenters. The van der Waals surface area contributed by atoms with E-state index in [1.54, 1.807) is 0 Å². The second-order valence-electron chi connectivity index (χ2n) is 13.4. The lowest BCUT2D eigenvalue weighted by molar-refractivity contribution is 0.673. The summed E-state index contributed by atoms with van der Waals surface area (Å²) in [4.78, 5) is 10.7. The van der Waals surface area contributed by atoms with E-state index in [0.717, 1.165) is 94.1 Å². The van der Waals surface area contributed by atoms with Crippen molar-refractivity contribution in [1.82, 2.24) is 19.1 Å². The smallest absolute Gasteiger partial charge is 0.235 e. The number of aromatic nitrogens is 4. The molecule has 0 radical (unpaired) electrons. The average Bonchev–Trinajstić information content (AvgIpc) is 3.89. The summed E-state index contributed by atoms with van der Waals surface area (Å²) in [5, 5.41) is 5.55. The molecule has 0 aliphatic carbocycles. The van der Waals surface area contributed by atoms with Crippen LogP contribution in [0.5, 0.6) is 0 Å². The lowest BCUT2D eigenvalue weighted by Crippen LogP contribution is -2.06. The van der Waals surface area contributed by atoms with Crippen LogP contribution >= 0.6 is 0 Å². The van der Waals surface area contributed by atoms with Crippen molar-refractivity contribution in [3.63, 3.8) is 0 Å². The molecule has 0 aliphatic heterocycles. The van der Waals surface area contributed by atoms with E-state index in [-0.39, 0.29) is 0 Å². The number of hydrogen-bond acceptors (Lipinski definition) is 3. The molecule has 0 atom stereocenters. The van der Waals surface area contributed by atoms with E-state index in [9.17, 15) is 0 Å². The number of fused-ring (bicyclic) bond motifs is 8. The summed E-state index contributed by atoms with van der Waals surface area (Å²) in [6.07, 6.45) is 0. The van der Waals surface area contributed by atoms with Crippen LogP contribution in [0.15, 0.2) is 186 Å². The van der Waals surface area contributed by atoms with Gasteiger partial charge in [0.25, 0.3) is 0 Å². The highest BCUT2D eigenvalue weighted by Gasteiger charge is 2.27. The molecule has 4 aromatic heterocycles. The Morgan fingerprint density at radius 2 is 0.925 bits per heavy atom. The Bertz CT molecular complexity index is 3100. The van der Waals surface area contributed by atoms with Gasteiger partial charge in [-0.05, 0) is 36.4 Å². The third-order valence-electron chi connectivity index (χ3n) is 10.4. The molecule has 0 spiro atoms. The fourth-order valence-corrected chi connectivity index (χ4v) is 8.04. The monoisotopic (exact) mass is 678 g/mol. The van der Waals surface area contributed by atoms with Crippen LogP contribution in [0, 0.1) is 0 Å². The molecule has 0 N–H and O–H groups in total. The van der Waals surface area contributed by atoms with Crippen molar-refractivity contribution in [2.45, 2.75) is 0 Å². The van der Waals surface area contributed by atoms with Gasteiger partial charge in [-0.25, -0.2) is 9.97 Å². The van der Waals surface area contributed by atoms with Crippen molar-refractivity contribution < 1.29 is 4.42 Å². The standard InChI is InChI=1S/C48H30N4O/c1-4-16-31(17-5-1)38-30-39(32-18-6-2-7-19-32)50-48(49-38)52-41-26-14-11-24-37(41)46(45(52)33-20-8-3-9-21-33)51-40-25-13-10-23-36(40)44-42(51)29-28-35-34-22-12-15-27-43(34)53-47(35)44/h1-30H. The van der Waals surface area contributed by atoms with Crippen LogP contribution in [0.4, 0.5) is 0 Å². The minimum Gasteiger partial charge on any atom is -0.455 e. The maximum absolute atomic E-state index is 6.67.